The van der Waals surface area contributed by atoms with E-state index in [-0.39, 0.29) is 0 Å². The lowest BCUT2D eigenvalue weighted by molar-refractivity contribution is 0.947. The first-order valence-electron chi connectivity index (χ1n) is 5.65. The number of imidazole rings is 1. The molecule has 0 aromatic carbocycles. The first-order chi connectivity index (χ1) is 8.74. The van der Waals surface area contributed by atoms with Gasteiger partial charge in [-0.05, 0) is 13.0 Å². The third kappa shape index (κ3) is 1.95. The zero-order valence-corrected chi connectivity index (χ0v) is 11.0. The van der Waals surface area contributed by atoms with Crippen molar-refractivity contribution in [2.75, 3.05) is 5.32 Å². The van der Waals surface area contributed by atoms with E-state index < -0.39 is 0 Å². The predicted molar refractivity (Wildman–Crippen MR) is 72.7 cm³/mol. The molecule has 0 atom stereocenters. The lowest BCUT2D eigenvalue weighted by Crippen LogP contribution is -2.01. The van der Waals surface area contributed by atoms with Crippen LogP contribution >= 0.6 is 11.3 Å². The van der Waals surface area contributed by atoms with Gasteiger partial charge in [0.05, 0.1) is 18.4 Å². The van der Waals surface area contributed by atoms with Crippen molar-refractivity contribution < 1.29 is 0 Å². The molecule has 0 spiro atoms. The van der Waals surface area contributed by atoms with Crippen LogP contribution in [0.3, 0.4) is 0 Å². The van der Waals surface area contributed by atoms with Crippen molar-refractivity contribution in [3.8, 4) is 0 Å². The second-order valence-electron chi connectivity index (χ2n) is 4.10. The van der Waals surface area contributed by atoms with E-state index in [2.05, 4.69) is 27.2 Å². The van der Waals surface area contributed by atoms with E-state index >= 15 is 0 Å². The van der Waals surface area contributed by atoms with Crippen molar-refractivity contribution in [2.45, 2.75) is 13.5 Å². The Morgan fingerprint density at radius 2 is 2.22 bits per heavy atom. The fourth-order valence-electron chi connectivity index (χ4n) is 1.83. The summed E-state index contributed by atoms with van der Waals surface area (Å²) >= 11 is 1.69. The molecule has 3 aromatic rings. The van der Waals surface area contributed by atoms with Crippen LogP contribution in [0.5, 0.6) is 0 Å². The monoisotopic (exact) mass is 259 g/mol. The molecule has 18 heavy (non-hydrogen) atoms. The second kappa shape index (κ2) is 4.38. The summed E-state index contributed by atoms with van der Waals surface area (Å²) < 4.78 is 1.98. The third-order valence-electron chi connectivity index (χ3n) is 2.72. The topological polar surface area (TPSA) is 55.6 Å². The van der Waals surface area contributed by atoms with Gasteiger partial charge in [-0.3, -0.25) is 0 Å². The minimum absolute atomic E-state index is 0.682. The minimum Gasteiger partial charge on any atom is -0.362 e. The van der Waals surface area contributed by atoms with Crippen LogP contribution in [-0.4, -0.2) is 19.5 Å². The molecule has 92 valence electrons. The first kappa shape index (κ1) is 11.2. The Labute approximate surface area is 109 Å². The number of pyridine rings is 1. The molecular formula is C12H13N5S. The van der Waals surface area contributed by atoms with Crippen LogP contribution in [0.4, 0.5) is 5.82 Å². The van der Waals surface area contributed by atoms with Crippen LogP contribution < -0.4 is 5.32 Å². The molecule has 0 aliphatic rings. The Balaban J connectivity index is 1.86. The molecule has 0 fully saturated rings. The van der Waals surface area contributed by atoms with Crippen LogP contribution in [0.25, 0.3) is 11.0 Å². The molecule has 3 heterocycles. The number of fused-ring (bicyclic) bond motifs is 1. The number of aryl methyl sites for hydroxylation is 2. The normalized spacial score (nSPS) is 11.0. The highest BCUT2D eigenvalue weighted by atomic mass is 32.1. The molecule has 0 radical (unpaired) electrons. The van der Waals surface area contributed by atoms with Gasteiger partial charge in [-0.2, -0.15) is 0 Å². The van der Waals surface area contributed by atoms with E-state index in [1.807, 2.05) is 23.9 Å². The summed E-state index contributed by atoms with van der Waals surface area (Å²) in [7, 11) is 1.98. The summed E-state index contributed by atoms with van der Waals surface area (Å²) in [4.78, 5) is 14.2. The van der Waals surface area contributed by atoms with Gasteiger partial charge < -0.3 is 9.88 Å². The van der Waals surface area contributed by atoms with Crippen molar-refractivity contribution >= 4 is 28.2 Å². The molecule has 0 amide bonds. The van der Waals surface area contributed by atoms with E-state index in [0.29, 0.717) is 6.54 Å². The maximum Gasteiger partial charge on any atom is 0.154 e. The number of rotatable bonds is 3. The van der Waals surface area contributed by atoms with Gasteiger partial charge in [0.25, 0.3) is 0 Å². The van der Waals surface area contributed by atoms with Crippen molar-refractivity contribution in [1.82, 2.24) is 19.5 Å². The van der Waals surface area contributed by atoms with Crippen LogP contribution in [0, 0.1) is 6.92 Å². The Bertz CT molecular complexity index is 685. The van der Waals surface area contributed by atoms with Crippen molar-refractivity contribution in [1.29, 1.82) is 0 Å². The molecule has 3 aromatic heterocycles. The molecule has 0 saturated carbocycles. The molecule has 1 N–H and O–H groups in total. The smallest absolute Gasteiger partial charge is 0.154 e. The highest BCUT2D eigenvalue weighted by Gasteiger charge is 2.07. The molecule has 6 heteroatoms. The molecule has 0 unspecified atom stereocenters. The average Bonchev–Trinajstić information content (AvgIpc) is 2.94. The number of nitrogens with zero attached hydrogens (tertiary/aromatic N) is 4. The quantitative estimate of drug-likeness (QED) is 0.784. The van der Waals surface area contributed by atoms with E-state index in [9.17, 15) is 0 Å². The summed E-state index contributed by atoms with van der Waals surface area (Å²) in [5, 5.41) is 4.35. The van der Waals surface area contributed by atoms with Gasteiger partial charge in [0.1, 0.15) is 10.5 Å². The average molecular weight is 259 g/mol. The lowest BCUT2D eigenvalue weighted by Gasteiger charge is -2.04. The molecule has 0 bridgehead atoms. The Hall–Kier alpha value is -1.95. The summed E-state index contributed by atoms with van der Waals surface area (Å²) in [5.74, 6) is 0.806. The number of hydrogen-bond acceptors (Lipinski definition) is 5. The molecule has 0 aliphatic carbocycles. The zero-order chi connectivity index (χ0) is 12.5. The predicted octanol–water partition coefficient (Wildman–Crippen LogP) is 2.35. The van der Waals surface area contributed by atoms with E-state index in [1.54, 1.807) is 23.9 Å². The summed E-state index contributed by atoms with van der Waals surface area (Å²) in [6.45, 7) is 2.74. The highest BCUT2D eigenvalue weighted by Crippen LogP contribution is 2.20. The highest BCUT2D eigenvalue weighted by molar-refractivity contribution is 7.11. The number of nitrogens with one attached hydrogen (secondary N) is 1. The maximum absolute atomic E-state index is 4.36. The summed E-state index contributed by atoms with van der Waals surface area (Å²) in [6.07, 6.45) is 5.47. The molecule has 5 nitrogen and oxygen atoms in total. The number of aromatic nitrogens is 4. The fraction of sp³-hybridized carbons (Fsp3) is 0.250. The van der Waals surface area contributed by atoms with Crippen molar-refractivity contribution in [3.63, 3.8) is 0 Å². The van der Waals surface area contributed by atoms with E-state index in [4.69, 9.17) is 0 Å². The Kier molecular flexibility index (Phi) is 2.71. The minimum atomic E-state index is 0.682. The standard InChI is InChI=1S/C12H13N5S/c1-8-5-14-10(18-8)6-15-12-11-9(3-4-13-12)17(2)7-16-11/h3-5,7H,6H2,1-2H3,(H,13,15). The third-order valence-corrected chi connectivity index (χ3v) is 3.63. The van der Waals surface area contributed by atoms with Gasteiger partial charge in [0, 0.05) is 24.3 Å². The zero-order valence-electron chi connectivity index (χ0n) is 10.2. The maximum atomic E-state index is 4.36. The van der Waals surface area contributed by atoms with Crippen molar-refractivity contribution in [2.24, 2.45) is 7.05 Å². The van der Waals surface area contributed by atoms with Crippen molar-refractivity contribution in [3.05, 3.63) is 34.7 Å². The van der Waals surface area contributed by atoms with Crippen LogP contribution in [-0.2, 0) is 13.6 Å². The van der Waals surface area contributed by atoms with Gasteiger partial charge in [-0.25, -0.2) is 15.0 Å². The SMILES string of the molecule is Cc1cnc(CNc2nccc3c2ncn3C)s1. The fourth-order valence-corrected chi connectivity index (χ4v) is 2.56. The van der Waals surface area contributed by atoms with E-state index in [1.165, 1.54) is 4.88 Å². The van der Waals surface area contributed by atoms with Crippen LogP contribution in [0.15, 0.2) is 24.8 Å². The Morgan fingerprint density at radius 3 is 3.00 bits per heavy atom. The van der Waals surface area contributed by atoms with Gasteiger partial charge >= 0.3 is 0 Å². The van der Waals surface area contributed by atoms with Crippen LogP contribution in [0.2, 0.25) is 0 Å². The van der Waals surface area contributed by atoms with Gasteiger partial charge in [-0.1, -0.05) is 0 Å². The molecule has 0 aliphatic heterocycles. The number of anilines is 1. The molecule has 3 rings (SSSR count). The van der Waals surface area contributed by atoms with Gasteiger partial charge in [-0.15, -0.1) is 11.3 Å². The van der Waals surface area contributed by atoms with Crippen LogP contribution in [0.1, 0.15) is 9.88 Å². The van der Waals surface area contributed by atoms with Gasteiger partial charge in [0.15, 0.2) is 5.82 Å². The lowest BCUT2D eigenvalue weighted by atomic mass is 10.4. The van der Waals surface area contributed by atoms with Gasteiger partial charge in [0.2, 0.25) is 0 Å². The van der Waals surface area contributed by atoms with E-state index in [0.717, 1.165) is 21.9 Å². The summed E-state index contributed by atoms with van der Waals surface area (Å²) in [5.41, 5.74) is 1.97. The summed E-state index contributed by atoms with van der Waals surface area (Å²) in [6, 6.07) is 1.96. The molecular weight excluding hydrogens is 246 g/mol. The number of hydrogen-bond donors (Lipinski definition) is 1. The largest absolute Gasteiger partial charge is 0.362 e. The Morgan fingerprint density at radius 1 is 1.33 bits per heavy atom. The second-order valence-corrected chi connectivity index (χ2v) is 5.42. The first-order valence-corrected chi connectivity index (χ1v) is 6.47. The number of thiazole rings is 1. The molecule has 0 saturated heterocycles.